The third kappa shape index (κ3) is 6.15. The van der Waals surface area contributed by atoms with E-state index in [2.05, 4.69) is 10.6 Å². The summed E-state index contributed by atoms with van der Waals surface area (Å²) in [5.74, 6) is 0.463. The number of hydrogen-bond acceptors (Lipinski definition) is 3. The number of benzene rings is 1. The molecule has 1 aromatic carbocycles. The zero-order chi connectivity index (χ0) is 15.8. The number of carbonyl (C=O) groups excluding carboxylic acids is 1. The fourth-order valence-corrected chi connectivity index (χ4v) is 2.83. The minimum atomic E-state index is -0.892. The summed E-state index contributed by atoms with van der Waals surface area (Å²) in [5.41, 5.74) is 1.85. The van der Waals surface area contributed by atoms with Crippen molar-refractivity contribution in [1.82, 2.24) is 5.32 Å². The standard InChI is InChI=1S/C16H24N2O3S/c1-22(20)11-10-17-16(19)18-14-8-6-13(7-9-14)12-21-15-4-2-3-5-15/h6-9,15H,2-5,10-12H2,1H3,(H2,17,18,19)/t22-/m1/s1. The Morgan fingerprint density at radius 1 is 1.27 bits per heavy atom. The molecule has 1 aliphatic rings. The molecule has 6 heteroatoms. The van der Waals surface area contributed by atoms with E-state index in [0.717, 1.165) is 11.3 Å². The van der Waals surface area contributed by atoms with Crippen molar-refractivity contribution >= 4 is 22.5 Å². The third-order valence-electron chi connectivity index (χ3n) is 3.67. The fourth-order valence-electron chi connectivity index (χ4n) is 2.44. The van der Waals surface area contributed by atoms with Gasteiger partial charge in [-0.15, -0.1) is 0 Å². The van der Waals surface area contributed by atoms with Crippen LogP contribution in [0.2, 0.25) is 0 Å². The molecular formula is C16H24N2O3S. The van der Waals surface area contributed by atoms with E-state index in [4.69, 9.17) is 4.74 Å². The van der Waals surface area contributed by atoms with Crippen LogP contribution in [-0.4, -0.2) is 34.9 Å². The lowest BCUT2D eigenvalue weighted by atomic mass is 10.2. The lowest BCUT2D eigenvalue weighted by molar-refractivity contribution is 0.0457. The molecule has 0 aliphatic heterocycles. The summed E-state index contributed by atoms with van der Waals surface area (Å²) < 4.78 is 16.8. The van der Waals surface area contributed by atoms with Gasteiger partial charge in [-0.3, -0.25) is 4.21 Å². The van der Waals surface area contributed by atoms with Gasteiger partial charge < -0.3 is 15.4 Å². The molecule has 0 aromatic heterocycles. The summed E-state index contributed by atoms with van der Waals surface area (Å²) in [4.78, 5) is 11.6. The molecule has 0 unspecified atom stereocenters. The highest BCUT2D eigenvalue weighted by Gasteiger charge is 2.15. The maximum atomic E-state index is 11.6. The minimum Gasteiger partial charge on any atom is -0.374 e. The van der Waals surface area contributed by atoms with Crippen LogP contribution in [0.3, 0.4) is 0 Å². The number of urea groups is 1. The van der Waals surface area contributed by atoms with E-state index in [0.29, 0.717) is 25.0 Å². The molecule has 1 aromatic rings. The number of amides is 2. The first-order valence-electron chi connectivity index (χ1n) is 7.69. The molecule has 0 bridgehead atoms. The van der Waals surface area contributed by atoms with Crippen molar-refractivity contribution in [3.8, 4) is 0 Å². The Hall–Kier alpha value is -1.40. The van der Waals surface area contributed by atoms with E-state index in [1.807, 2.05) is 24.3 Å². The molecule has 0 heterocycles. The van der Waals surface area contributed by atoms with Crippen LogP contribution in [0.4, 0.5) is 10.5 Å². The van der Waals surface area contributed by atoms with E-state index in [1.165, 1.54) is 25.7 Å². The average Bonchev–Trinajstić information content (AvgIpc) is 2.99. The highest BCUT2D eigenvalue weighted by Crippen LogP contribution is 2.22. The van der Waals surface area contributed by atoms with Gasteiger partial charge in [-0.05, 0) is 30.5 Å². The van der Waals surface area contributed by atoms with E-state index in [-0.39, 0.29) is 6.03 Å². The summed E-state index contributed by atoms with van der Waals surface area (Å²) in [6.07, 6.45) is 6.91. The summed E-state index contributed by atoms with van der Waals surface area (Å²) in [5, 5.41) is 5.42. The monoisotopic (exact) mass is 324 g/mol. The van der Waals surface area contributed by atoms with Crippen LogP contribution in [-0.2, 0) is 22.1 Å². The Balaban J connectivity index is 1.71. The number of nitrogens with one attached hydrogen (secondary N) is 2. The zero-order valence-electron chi connectivity index (χ0n) is 13.0. The number of ether oxygens (including phenoxy) is 1. The molecule has 0 saturated heterocycles. The van der Waals surface area contributed by atoms with Crippen LogP contribution in [0.1, 0.15) is 31.2 Å². The molecule has 2 amide bonds. The highest BCUT2D eigenvalue weighted by atomic mass is 32.2. The summed E-state index contributed by atoms with van der Waals surface area (Å²) in [7, 11) is -0.892. The molecular weight excluding hydrogens is 300 g/mol. The largest absolute Gasteiger partial charge is 0.374 e. The second-order valence-corrected chi connectivity index (χ2v) is 7.13. The molecule has 2 rings (SSSR count). The Morgan fingerprint density at radius 3 is 2.59 bits per heavy atom. The van der Waals surface area contributed by atoms with Gasteiger partial charge in [0.15, 0.2) is 0 Å². The molecule has 1 atom stereocenters. The maximum Gasteiger partial charge on any atom is 0.319 e. The molecule has 122 valence electrons. The molecule has 1 fully saturated rings. The van der Waals surface area contributed by atoms with Gasteiger partial charge in [-0.1, -0.05) is 25.0 Å². The van der Waals surface area contributed by atoms with Crippen LogP contribution in [0.5, 0.6) is 0 Å². The van der Waals surface area contributed by atoms with Crippen molar-refractivity contribution in [3.05, 3.63) is 29.8 Å². The van der Waals surface area contributed by atoms with Gasteiger partial charge in [0.1, 0.15) is 0 Å². The van der Waals surface area contributed by atoms with Gasteiger partial charge in [-0.25, -0.2) is 4.79 Å². The molecule has 22 heavy (non-hydrogen) atoms. The van der Waals surface area contributed by atoms with Gasteiger partial charge in [0.2, 0.25) is 0 Å². The van der Waals surface area contributed by atoms with Gasteiger partial charge in [0.05, 0.1) is 12.7 Å². The van der Waals surface area contributed by atoms with E-state index in [1.54, 1.807) is 6.26 Å². The lowest BCUT2D eigenvalue weighted by Crippen LogP contribution is -2.31. The van der Waals surface area contributed by atoms with E-state index < -0.39 is 10.8 Å². The summed E-state index contributed by atoms with van der Waals surface area (Å²) in [6, 6.07) is 7.38. The Kier molecular flexibility index (Phi) is 6.86. The van der Waals surface area contributed by atoms with Crippen molar-refractivity contribution in [3.63, 3.8) is 0 Å². The summed E-state index contributed by atoms with van der Waals surface area (Å²) in [6.45, 7) is 1.03. The smallest absolute Gasteiger partial charge is 0.319 e. The van der Waals surface area contributed by atoms with Crippen molar-refractivity contribution in [1.29, 1.82) is 0 Å². The number of hydrogen-bond donors (Lipinski definition) is 2. The van der Waals surface area contributed by atoms with Crippen LogP contribution in [0, 0.1) is 0 Å². The van der Waals surface area contributed by atoms with Crippen molar-refractivity contribution in [2.24, 2.45) is 0 Å². The Morgan fingerprint density at radius 2 is 1.95 bits per heavy atom. The van der Waals surface area contributed by atoms with Gasteiger partial charge in [0, 0.05) is 35.0 Å². The van der Waals surface area contributed by atoms with Gasteiger partial charge >= 0.3 is 6.03 Å². The Bertz CT molecular complexity index is 499. The highest BCUT2D eigenvalue weighted by molar-refractivity contribution is 7.84. The van der Waals surface area contributed by atoms with Crippen LogP contribution in [0.15, 0.2) is 24.3 Å². The van der Waals surface area contributed by atoms with Crippen molar-refractivity contribution in [2.75, 3.05) is 23.9 Å². The quantitative estimate of drug-likeness (QED) is 0.810. The number of anilines is 1. The van der Waals surface area contributed by atoms with Gasteiger partial charge in [0.25, 0.3) is 0 Å². The van der Waals surface area contributed by atoms with Crippen LogP contribution >= 0.6 is 0 Å². The van der Waals surface area contributed by atoms with Crippen molar-refractivity contribution < 1.29 is 13.7 Å². The normalized spacial score (nSPS) is 16.4. The summed E-state index contributed by atoms with van der Waals surface area (Å²) >= 11 is 0. The number of rotatable bonds is 7. The predicted molar refractivity (Wildman–Crippen MR) is 89.4 cm³/mol. The topological polar surface area (TPSA) is 67.4 Å². The van der Waals surface area contributed by atoms with Crippen molar-refractivity contribution in [2.45, 2.75) is 38.4 Å². The van der Waals surface area contributed by atoms with Crippen LogP contribution in [0.25, 0.3) is 0 Å². The molecule has 1 saturated carbocycles. The zero-order valence-corrected chi connectivity index (χ0v) is 13.8. The first-order chi connectivity index (χ1) is 10.6. The molecule has 0 spiro atoms. The Labute approximate surface area is 134 Å². The second kappa shape index (κ2) is 8.90. The lowest BCUT2D eigenvalue weighted by Gasteiger charge is -2.11. The first-order valence-corrected chi connectivity index (χ1v) is 9.41. The first kappa shape index (κ1) is 17.0. The third-order valence-corrected chi connectivity index (χ3v) is 4.45. The second-order valence-electron chi connectivity index (χ2n) is 5.57. The average molecular weight is 324 g/mol. The predicted octanol–water partition coefficient (Wildman–Crippen LogP) is 2.65. The molecule has 0 radical (unpaired) electrons. The SMILES string of the molecule is C[S@@](=O)CCNC(=O)Nc1ccc(COC2CCCC2)cc1. The maximum absolute atomic E-state index is 11.6. The van der Waals surface area contributed by atoms with Crippen LogP contribution < -0.4 is 10.6 Å². The molecule has 2 N–H and O–H groups in total. The van der Waals surface area contributed by atoms with E-state index in [9.17, 15) is 9.00 Å². The van der Waals surface area contributed by atoms with E-state index >= 15 is 0 Å². The fraction of sp³-hybridized carbons (Fsp3) is 0.562. The molecule has 5 nitrogen and oxygen atoms in total. The van der Waals surface area contributed by atoms with Gasteiger partial charge in [-0.2, -0.15) is 0 Å². The minimum absolute atomic E-state index is 0.277. The number of carbonyl (C=O) groups is 1. The molecule has 1 aliphatic carbocycles.